The van der Waals surface area contributed by atoms with Gasteiger partial charge in [-0.05, 0) is 44.9 Å². The predicted octanol–water partition coefficient (Wildman–Crippen LogP) is 3.23. The molecule has 4 heterocycles. The molecule has 3 aromatic rings. The second kappa shape index (κ2) is 37.1. The van der Waals surface area contributed by atoms with Crippen molar-refractivity contribution in [1.82, 2.24) is 23.5 Å². The van der Waals surface area contributed by atoms with Crippen molar-refractivity contribution in [2.45, 2.75) is 150 Å². The number of imidazole rings is 3. The number of halogens is 6. The van der Waals surface area contributed by atoms with E-state index in [2.05, 4.69) is 162 Å². The van der Waals surface area contributed by atoms with E-state index in [1.807, 2.05) is 0 Å². The van der Waals surface area contributed by atoms with Crippen LogP contribution < -0.4 is 43.1 Å². The van der Waals surface area contributed by atoms with Gasteiger partial charge in [-0.2, -0.15) is 0 Å². The molecule has 322 valence electrons. The highest BCUT2D eigenvalue weighted by Gasteiger charge is 2.20. The summed E-state index contributed by atoms with van der Waals surface area (Å²) in [4.78, 5) is 4.58. The number of aromatic nitrogens is 6. The monoisotopic (exact) mass is 871 g/mol. The molecular weight excluding hydrogens is 795 g/mol. The Morgan fingerprint density at radius 3 is 1.04 bits per heavy atom. The molecule has 1 aliphatic heterocycles. The molecular formula is C40H77BBrClF4N8. The van der Waals surface area contributed by atoms with E-state index in [0.717, 1.165) is 6.67 Å². The Balaban J connectivity index is -0.000000622. The third kappa shape index (κ3) is 38.2. The van der Waals surface area contributed by atoms with Crippen LogP contribution in [-0.4, -0.2) is 51.0 Å². The van der Waals surface area contributed by atoms with Crippen molar-refractivity contribution in [3.8, 4) is 0 Å². The Morgan fingerprint density at radius 1 is 0.491 bits per heavy atom. The number of rotatable bonds is 20. The van der Waals surface area contributed by atoms with E-state index in [-0.39, 0.29) is 29.4 Å². The summed E-state index contributed by atoms with van der Waals surface area (Å²) in [6.45, 7) is 14.8. The van der Waals surface area contributed by atoms with Gasteiger partial charge in [0.2, 0.25) is 19.0 Å². The van der Waals surface area contributed by atoms with Crippen LogP contribution in [0.1, 0.15) is 130 Å². The molecule has 55 heavy (non-hydrogen) atoms. The van der Waals surface area contributed by atoms with E-state index in [9.17, 15) is 17.3 Å². The minimum absolute atomic E-state index is 0. The predicted molar refractivity (Wildman–Crippen MR) is 212 cm³/mol. The molecule has 0 atom stereocenters. The molecule has 0 saturated carbocycles. The lowest BCUT2D eigenvalue weighted by Crippen LogP contribution is -3.00. The maximum Gasteiger partial charge on any atom is 0.673 e. The van der Waals surface area contributed by atoms with Crippen LogP contribution in [0.4, 0.5) is 17.3 Å². The Hall–Kier alpha value is -2.48. The minimum atomic E-state index is -6.00. The zero-order valence-electron chi connectivity index (χ0n) is 35.6. The third-order valence-corrected chi connectivity index (χ3v) is 8.52. The summed E-state index contributed by atoms with van der Waals surface area (Å²) >= 11 is 0. The fraction of sp³-hybridized carbons (Fsp3) is 0.725. The summed E-state index contributed by atoms with van der Waals surface area (Å²) in [6, 6.07) is 0. The second-order valence-corrected chi connectivity index (χ2v) is 14.2. The van der Waals surface area contributed by atoms with Gasteiger partial charge >= 0.3 is 7.25 Å². The van der Waals surface area contributed by atoms with Gasteiger partial charge in [0.15, 0.2) is 0 Å². The van der Waals surface area contributed by atoms with Crippen LogP contribution in [0.25, 0.3) is 0 Å². The molecule has 0 saturated heterocycles. The Bertz CT molecular complexity index is 1150. The van der Waals surface area contributed by atoms with Crippen molar-refractivity contribution in [3.05, 3.63) is 68.6 Å². The molecule has 0 amide bonds. The Kier molecular flexibility index (Phi) is 38.4. The molecule has 4 rings (SSSR count). The molecule has 0 unspecified atom stereocenters. The molecule has 0 aliphatic carbocycles. The minimum Gasteiger partial charge on any atom is -1.00 e. The van der Waals surface area contributed by atoms with Gasteiger partial charge in [-0.1, -0.05) is 85.5 Å². The average Bonchev–Trinajstić information content (AvgIpc) is 3.92. The van der Waals surface area contributed by atoms with E-state index >= 15 is 0 Å². The molecule has 3 aromatic heterocycles. The van der Waals surface area contributed by atoms with Gasteiger partial charge in [0, 0.05) is 26.0 Å². The van der Waals surface area contributed by atoms with Crippen molar-refractivity contribution in [2.75, 3.05) is 20.3 Å². The molecule has 0 N–H and O–H groups in total. The van der Waals surface area contributed by atoms with Gasteiger partial charge in [-0.3, -0.25) is 0 Å². The van der Waals surface area contributed by atoms with Gasteiger partial charge in [0.25, 0.3) is 0 Å². The van der Waals surface area contributed by atoms with Gasteiger partial charge in [-0.15, -0.1) is 0 Å². The smallest absolute Gasteiger partial charge is 0.673 e. The van der Waals surface area contributed by atoms with Gasteiger partial charge in [0.1, 0.15) is 37.2 Å². The maximum atomic E-state index is 9.75. The van der Waals surface area contributed by atoms with E-state index in [0.29, 0.717) is 0 Å². The first kappa shape index (κ1) is 56.9. The maximum absolute atomic E-state index is 9.75. The second-order valence-electron chi connectivity index (χ2n) is 14.2. The van der Waals surface area contributed by atoms with Crippen LogP contribution in [0.15, 0.2) is 68.6 Å². The summed E-state index contributed by atoms with van der Waals surface area (Å²) in [5.74, 6) is 0. The molecule has 0 fully saturated rings. The Labute approximate surface area is 349 Å². The lowest BCUT2D eigenvalue weighted by molar-refractivity contribution is -0.697. The zero-order valence-corrected chi connectivity index (χ0v) is 38.0. The molecule has 0 spiro atoms. The third-order valence-electron chi connectivity index (χ3n) is 8.52. The van der Waals surface area contributed by atoms with Crippen LogP contribution in [0.2, 0.25) is 0 Å². The topological polar surface area (TPSA) is 32.9 Å². The Morgan fingerprint density at radius 2 is 0.800 bits per heavy atom. The van der Waals surface area contributed by atoms with Crippen molar-refractivity contribution in [2.24, 2.45) is 21.1 Å². The van der Waals surface area contributed by atoms with Crippen LogP contribution in [0, 0.1) is 0 Å². The van der Waals surface area contributed by atoms with Crippen molar-refractivity contribution in [3.63, 3.8) is 0 Å². The normalized spacial score (nSPS) is 11.5. The number of nitrogens with zero attached hydrogens (tertiary/aromatic N) is 8. The molecule has 8 nitrogen and oxygen atoms in total. The summed E-state index contributed by atoms with van der Waals surface area (Å²) in [7, 11) is 2.29. The fourth-order valence-electron chi connectivity index (χ4n) is 5.54. The summed E-state index contributed by atoms with van der Waals surface area (Å²) in [5, 5.41) is 0. The molecule has 0 radical (unpaired) electrons. The number of hydrogen-bond donors (Lipinski definition) is 0. The highest BCUT2D eigenvalue weighted by Crippen LogP contribution is 2.07. The van der Waals surface area contributed by atoms with Crippen LogP contribution in [-0.2, 0) is 40.8 Å². The first-order chi connectivity index (χ1) is 25.3. The summed E-state index contributed by atoms with van der Waals surface area (Å²) in [5.41, 5.74) is 0. The summed E-state index contributed by atoms with van der Waals surface area (Å²) in [6.07, 6.45) is 44.9. The van der Waals surface area contributed by atoms with Crippen molar-refractivity contribution >= 4 is 7.25 Å². The van der Waals surface area contributed by atoms with E-state index in [4.69, 9.17) is 0 Å². The molecule has 0 aromatic carbocycles. The van der Waals surface area contributed by atoms with Crippen LogP contribution in [0.3, 0.4) is 0 Å². The van der Waals surface area contributed by atoms with Gasteiger partial charge < -0.3 is 56.5 Å². The number of unbranched alkanes of at least 4 members (excludes halogenated alkanes) is 12. The van der Waals surface area contributed by atoms with Gasteiger partial charge in [-0.25, -0.2) is 27.4 Å². The van der Waals surface area contributed by atoms with Crippen LogP contribution >= 0.6 is 0 Å². The SMILES string of the molecule is CCCCCCN1C=CN(C)C1.CCCCCC[n+]1ccn(C)c1.CCCCCC[n+]1ccn(C)c1.CCCCCC[n+]1ccn(C)c1.F[B-](F)(F)F.[Br-].[Cl-]. The van der Waals surface area contributed by atoms with Gasteiger partial charge in [0.05, 0.1) is 47.4 Å². The molecule has 1 aliphatic rings. The zero-order chi connectivity index (χ0) is 39.7. The fourth-order valence-corrected chi connectivity index (χ4v) is 5.54. The standard InChI is InChI=1S/C10H20N2.3C10H19N2.BF4.BrH.ClH/c4*1-3-4-5-6-7-12-9-8-11(2)10-12;2-1(3,4)5;;/h8-9H,3-7,10H2,1-2H3;3*8-10H,3-7H2,1-2H3;;2*1H/q;3*+1;-1;;/p-2. The summed E-state index contributed by atoms with van der Waals surface area (Å²) < 4.78 is 52.0. The number of aryl methyl sites for hydroxylation is 6. The first-order valence-corrected chi connectivity index (χ1v) is 20.3. The highest BCUT2D eigenvalue weighted by molar-refractivity contribution is 6.50. The van der Waals surface area contributed by atoms with E-state index in [1.165, 1.54) is 129 Å². The van der Waals surface area contributed by atoms with E-state index in [1.54, 1.807) is 0 Å². The molecule has 0 bridgehead atoms. The largest absolute Gasteiger partial charge is 1.00 e. The molecule has 15 heteroatoms. The first-order valence-electron chi connectivity index (χ1n) is 20.3. The number of hydrogen-bond acceptors (Lipinski definition) is 2. The van der Waals surface area contributed by atoms with Crippen LogP contribution in [0.5, 0.6) is 0 Å². The average molecular weight is 872 g/mol. The lowest BCUT2D eigenvalue weighted by atomic mass is 10.2. The quantitative estimate of drug-likeness (QED) is 0.0758. The van der Waals surface area contributed by atoms with E-state index < -0.39 is 7.25 Å². The highest BCUT2D eigenvalue weighted by atomic mass is 79.9. The lowest BCUT2D eigenvalue weighted by Gasteiger charge is -2.17. The van der Waals surface area contributed by atoms with Crippen molar-refractivity contribution in [1.29, 1.82) is 0 Å². The van der Waals surface area contributed by atoms with Crippen molar-refractivity contribution < 1.29 is 60.4 Å².